The maximum Gasteiger partial charge on any atom is 0.242 e. The van der Waals surface area contributed by atoms with Gasteiger partial charge in [0.25, 0.3) is 0 Å². The fourth-order valence-corrected chi connectivity index (χ4v) is 1.86. The molecule has 0 amide bonds. The number of sulfonamides is 1. The fraction of sp³-hybridized carbons (Fsp3) is 0.333. The van der Waals surface area contributed by atoms with E-state index in [1.165, 1.54) is 37.6 Å². The van der Waals surface area contributed by atoms with E-state index in [0.29, 0.717) is 5.75 Å². The van der Waals surface area contributed by atoms with Crippen molar-refractivity contribution in [1.82, 2.24) is 4.31 Å². The van der Waals surface area contributed by atoms with Crippen LogP contribution in [0.3, 0.4) is 0 Å². The van der Waals surface area contributed by atoms with E-state index >= 15 is 0 Å². The van der Waals surface area contributed by atoms with Crippen molar-refractivity contribution in [2.24, 2.45) is 0 Å². The lowest BCUT2D eigenvalue weighted by atomic mass is 10.3. The lowest BCUT2D eigenvalue weighted by Crippen LogP contribution is -2.22. The summed E-state index contributed by atoms with van der Waals surface area (Å²) in [6.45, 7) is 0. The van der Waals surface area contributed by atoms with Crippen molar-refractivity contribution in [2.45, 2.75) is 4.90 Å². The van der Waals surface area contributed by atoms with Crippen molar-refractivity contribution in [3.8, 4) is 5.75 Å². The molecule has 0 unspecified atom stereocenters. The van der Waals surface area contributed by atoms with Crippen molar-refractivity contribution in [3.63, 3.8) is 0 Å². The first-order valence-corrected chi connectivity index (χ1v) is 5.49. The van der Waals surface area contributed by atoms with Gasteiger partial charge in [0.2, 0.25) is 10.0 Å². The highest BCUT2D eigenvalue weighted by atomic mass is 32.2. The highest BCUT2D eigenvalue weighted by Crippen LogP contribution is 2.17. The predicted octanol–water partition coefficient (Wildman–Crippen LogP) is 0.946. The van der Waals surface area contributed by atoms with E-state index in [4.69, 9.17) is 4.74 Å². The Morgan fingerprint density at radius 1 is 1.14 bits per heavy atom. The second-order valence-corrected chi connectivity index (χ2v) is 5.11. The third-order valence-corrected chi connectivity index (χ3v) is 3.67. The Bertz CT molecular complexity index is 395. The van der Waals surface area contributed by atoms with Gasteiger partial charge in [0.15, 0.2) is 0 Å². The van der Waals surface area contributed by atoms with Crippen molar-refractivity contribution in [2.75, 3.05) is 21.2 Å². The molecule has 1 rings (SSSR count). The zero-order chi connectivity index (χ0) is 10.8. The summed E-state index contributed by atoms with van der Waals surface area (Å²) in [5, 5.41) is 0. The summed E-state index contributed by atoms with van der Waals surface area (Å²) >= 11 is 0. The van der Waals surface area contributed by atoms with Gasteiger partial charge in [-0.15, -0.1) is 0 Å². The molecule has 0 bridgehead atoms. The smallest absolute Gasteiger partial charge is 0.242 e. The molecule has 0 radical (unpaired) electrons. The Morgan fingerprint density at radius 2 is 1.64 bits per heavy atom. The molecule has 4 nitrogen and oxygen atoms in total. The number of benzene rings is 1. The van der Waals surface area contributed by atoms with Crippen LogP contribution in [0.2, 0.25) is 0 Å². The second-order valence-electron chi connectivity index (χ2n) is 2.96. The van der Waals surface area contributed by atoms with Crippen molar-refractivity contribution >= 4 is 10.0 Å². The van der Waals surface area contributed by atoms with Crippen molar-refractivity contribution < 1.29 is 13.2 Å². The molecular formula is C9H13NO3S. The third-order valence-electron chi connectivity index (χ3n) is 1.84. The number of hydrogen-bond acceptors (Lipinski definition) is 3. The van der Waals surface area contributed by atoms with Crippen LogP contribution in [0.4, 0.5) is 0 Å². The Balaban J connectivity index is 3.10. The van der Waals surface area contributed by atoms with Gasteiger partial charge in [-0.05, 0) is 24.3 Å². The molecule has 0 aliphatic rings. The largest absolute Gasteiger partial charge is 0.497 e. The van der Waals surface area contributed by atoms with E-state index in [9.17, 15) is 8.42 Å². The van der Waals surface area contributed by atoms with E-state index in [2.05, 4.69) is 0 Å². The Morgan fingerprint density at radius 3 is 2.00 bits per heavy atom. The van der Waals surface area contributed by atoms with E-state index in [1.807, 2.05) is 0 Å². The summed E-state index contributed by atoms with van der Waals surface area (Å²) in [6, 6.07) is 6.29. The molecule has 0 spiro atoms. The Kier molecular flexibility index (Phi) is 3.13. The maximum absolute atomic E-state index is 11.6. The van der Waals surface area contributed by atoms with Crippen LogP contribution in [0, 0.1) is 0 Å². The first-order valence-electron chi connectivity index (χ1n) is 4.05. The SMILES string of the molecule is COc1ccc(S(=O)(=O)N(C)C)cc1. The minimum Gasteiger partial charge on any atom is -0.497 e. The second kappa shape index (κ2) is 3.98. The lowest BCUT2D eigenvalue weighted by Gasteiger charge is -2.11. The normalized spacial score (nSPS) is 11.7. The van der Waals surface area contributed by atoms with Crippen LogP contribution in [0.25, 0.3) is 0 Å². The van der Waals surface area contributed by atoms with E-state index in [0.717, 1.165) is 0 Å². The zero-order valence-corrected chi connectivity index (χ0v) is 9.21. The molecule has 14 heavy (non-hydrogen) atoms. The monoisotopic (exact) mass is 215 g/mol. The standard InChI is InChI=1S/C9H13NO3S/c1-10(2)14(11,12)9-6-4-8(13-3)5-7-9/h4-7H,1-3H3. The minimum atomic E-state index is -3.32. The molecule has 0 aliphatic heterocycles. The van der Waals surface area contributed by atoms with E-state index in [-0.39, 0.29) is 4.90 Å². The minimum absolute atomic E-state index is 0.267. The summed E-state index contributed by atoms with van der Waals surface area (Å²) in [4.78, 5) is 0.267. The summed E-state index contributed by atoms with van der Waals surface area (Å²) in [5.41, 5.74) is 0. The zero-order valence-electron chi connectivity index (χ0n) is 8.39. The average Bonchev–Trinajstić information content (AvgIpc) is 2.17. The molecule has 0 fully saturated rings. The summed E-state index contributed by atoms with van der Waals surface area (Å²) in [6.07, 6.45) is 0. The molecule has 0 atom stereocenters. The molecule has 78 valence electrons. The maximum atomic E-state index is 11.6. The molecule has 0 N–H and O–H groups in total. The van der Waals surface area contributed by atoms with Crippen LogP contribution >= 0.6 is 0 Å². The number of methoxy groups -OCH3 is 1. The number of ether oxygens (including phenoxy) is 1. The van der Waals surface area contributed by atoms with Crippen LogP contribution in [0.15, 0.2) is 29.2 Å². The van der Waals surface area contributed by atoms with Gasteiger partial charge in [0.05, 0.1) is 12.0 Å². The van der Waals surface area contributed by atoms with Crippen molar-refractivity contribution in [1.29, 1.82) is 0 Å². The number of rotatable bonds is 3. The van der Waals surface area contributed by atoms with Gasteiger partial charge >= 0.3 is 0 Å². The van der Waals surface area contributed by atoms with Crippen LogP contribution in [-0.2, 0) is 10.0 Å². The molecule has 0 saturated heterocycles. The molecular weight excluding hydrogens is 202 g/mol. The highest BCUT2D eigenvalue weighted by Gasteiger charge is 2.16. The average molecular weight is 215 g/mol. The number of hydrogen-bond donors (Lipinski definition) is 0. The molecule has 5 heteroatoms. The summed E-state index contributed by atoms with van der Waals surface area (Å²) < 4.78 is 29.3. The summed E-state index contributed by atoms with van der Waals surface area (Å²) in [5.74, 6) is 0.641. The fourth-order valence-electron chi connectivity index (χ4n) is 0.959. The van der Waals surface area contributed by atoms with Gasteiger partial charge in [-0.2, -0.15) is 0 Å². The van der Waals surface area contributed by atoms with Crippen LogP contribution in [-0.4, -0.2) is 33.9 Å². The van der Waals surface area contributed by atoms with Gasteiger partial charge in [-0.3, -0.25) is 0 Å². The van der Waals surface area contributed by atoms with Gasteiger partial charge < -0.3 is 4.74 Å². The Hall–Kier alpha value is -1.07. The topological polar surface area (TPSA) is 46.6 Å². The highest BCUT2D eigenvalue weighted by molar-refractivity contribution is 7.89. The van der Waals surface area contributed by atoms with Crippen molar-refractivity contribution in [3.05, 3.63) is 24.3 Å². The molecule has 0 saturated carbocycles. The van der Waals surface area contributed by atoms with E-state index < -0.39 is 10.0 Å². The number of nitrogens with zero attached hydrogens (tertiary/aromatic N) is 1. The van der Waals surface area contributed by atoms with Gasteiger partial charge in [0, 0.05) is 14.1 Å². The van der Waals surface area contributed by atoms with Crippen LogP contribution in [0.5, 0.6) is 5.75 Å². The Labute approximate surface area is 84.2 Å². The first kappa shape index (κ1) is 11.0. The van der Waals surface area contributed by atoms with Gasteiger partial charge in [-0.1, -0.05) is 0 Å². The first-order chi connectivity index (χ1) is 6.48. The van der Waals surface area contributed by atoms with Gasteiger partial charge in [-0.25, -0.2) is 12.7 Å². The third kappa shape index (κ3) is 2.05. The quantitative estimate of drug-likeness (QED) is 0.754. The van der Waals surface area contributed by atoms with E-state index in [1.54, 1.807) is 12.1 Å². The predicted molar refractivity (Wildman–Crippen MR) is 53.9 cm³/mol. The molecule has 0 aromatic heterocycles. The molecule has 0 heterocycles. The molecule has 1 aromatic carbocycles. The van der Waals surface area contributed by atoms with Crippen LogP contribution < -0.4 is 4.74 Å². The molecule has 0 aliphatic carbocycles. The lowest BCUT2D eigenvalue weighted by molar-refractivity contribution is 0.414. The van der Waals surface area contributed by atoms with Crippen LogP contribution in [0.1, 0.15) is 0 Å². The molecule has 1 aromatic rings. The van der Waals surface area contributed by atoms with Gasteiger partial charge in [0.1, 0.15) is 5.75 Å². The summed E-state index contributed by atoms with van der Waals surface area (Å²) in [7, 11) is 1.21.